The number of aliphatic carboxylic acids is 1. The first-order valence-electron chi connectivity index (χ1n) is 22.0. The summed E-state index contributed by atoms with van der Waals surface area (Å²) >= 11 is 0. The molecule has 4 atom stereocenters. The first-order chi connectivity index (χ1) is 31.2. The second kappa shape index (κ2) is 25.5. The number of sulfonamides is 2. The fourth-order valence-electron chi connectivity index (χ4n) is 6.38. The normalized spacial score (nSPS) is 19.4. The zero-order valence-electron chi connectivity index (χ0n) is 39.6. The number of para-hydroxylation sites is 2. The van der Waals surface area contributed by atoms with Crippen molar-refractivity contribution in [2.75, 3.05) is 13.2 Å². The Labute approximate surface area is 396 Å². The van der Waals surface area contributed by atoms with Gasteiger partial charge >= 0.3 is 18.2 Å². The topological polar surface area (TPSA) is 256 Å². The Morgan fingerprint density at radius 2 is 1.07 bits per heavy atom. The van der Waals surface area contributed by atoms with Crippen molar-refractivity contribution < 1.29 is 60.1 Å². The third kappa shape index (κ3) is 19.2. The average Bonchev–Trinajstić information content (AvgIpc) is 4.14. The molecule has 0 radical (unpaired) electrons. The summed E-state index contributed by atoms with van der Waals surface area (Å²) in [4.78, 5) is 47.6. The molecular formula is C48H70N4O13S2. The fourth-order valence-corrected chi connectivity index (χ4v) is 8.25. The van der Waals surface area contributed by atoms with Gasteiger partial charge in [0.15, 0.2) is 0 Å². The summed E-state index contributed by atoms with van der Waals surface area (Å²) in [6, 6.07) is 12.5. The summed E-state index contributed by atoms with van der Waals surface area (Å²) in [6.45, 7) is 25.6. The number of rotatable bonds is 23. The average molecular weight is 975 g/mol. The quantitative estimate of drug-likeness (QED) is 0.0522. The molecule has 0 aromatic heterocycles. The van der Waals surface area contributed by atoms with Crippen LogP contribution in [0.3, 0.4) is 0 Å². The number of unbranched alkanes of at least 4 members (excludes halogenated alkanes) is 6. The number of carboxylic acids is 1. The predicted molar refractivity (Wildman–Crippen MR) is 256 cm³/mol. The maximum absolute atomic E-state index is 13.0. The van der Waals surface area contributed by atoms with E-state index in [0.29, 0.717) is 25.4 Å². The SMILES string of the molecule is C=CCCCCCOc1ccccc1S(=O)(=O)NC(=O)[C@@]1(NC(=O)OC(C)(C)C)C[C@H]1C=C.C=CCCCCCOc1ccccc1S(N)(=O)=O.C=C[C@@H]1C[C@]1(NC(=O)OC(C)(C)C)C(=O)O. The molecule has 0 spiro atoms. The minimum atomic E-state index is -4.25. The molecular weight excluding hydrogens is 905 g/mol. The summed E-state index contributed by atoms with van der Waals surface area (Å²) in [5.41, 5.74) is -4.06. The second-order valence-electron chi connectivity index (χ2n) is 17.9. The summed E-state index contributed by atoms with van der Waals surface area (Å²) in [6.07, 6.45) is 13.4. The number of amides is 3. The summed E-state index contributed by atoms with van der Waals surface area (Å²) < 4.78 is 72.2. The van der Waals surface area contributed by atoms with Gasteiger partial charge < -0.3 is 34.7 Å². The van der Waals surface area contributed by atoms with Gasteiger partial charge in [-0.05, 0) is 130 Å². The van der Waals surface area contributed by atoms with Crippen LogP contribution in [-0.4, -0.2) is 81.5 Å². The molecule has 2 aliphatic rings. The van der Waals surface area contributed by atoms with Crippen molar-refractivity contribution in [3.63, 3.8) is 0 Å². The second-order valence-corrected chi connectivity index (χ2v) is 21.1. The van der Waals surface area contributed by atoms with E-state index in [9.17, 15) is 36.0 Å². The first kappa shape index (κ1) is 57.5. The number of carboxylic acid groups (broad SMARTS) is 1. The number of nitrogens with two attached hydrogens (primary N) is 1. The van der Waals surface area contributed by atoms with Gasteiger partial charge in [0.2, 0.25) is 10.0 Å². The van der Waals surface area contributed by atoms with Crippen LogP contribution in [0.25, 0.3) is 0 Å². The van der Waals surface area contributed by atoms with Crippen molar-refractivity contribution in [2.45, 2.75) is 138 Å². The molecule has 0 unspecified atom stereocenters. The van der Waals surface area contributed by atoms with Gasteiger partial charge in [-0.1, -0.05) is 48.6 Å². The molecule has 2 fully saturated rings. The number of allylic oxidation sites excluding steroid dienone is 2. The highest BCUT2D eigenvalue weighted by Gasteiger charge is 2.62. The highest BCUT2D eigenvalue weighted by Crippen LogP contribution is 2.46. The number of ether oxygens (including phenoxy) is 4. The molecule has 2 aliphatic carbocycles. The summed E-state index contributed by atoms with van der Waals surface area (Å²) in [5, 5.41) is 19.1. The number of benzene rings is 2. The van der Waals surface area contributed by atoms with Crippen LogP contribution >= 0.6 is 0 Å². The molecule has 0 heterocycles. The molecule has 17 nitrogen and oxygen atoms in total. The van der Waals surface area contributed by atoms with Gasteiger partial charge in [-0.2, -0.15) is 0 Å². The number of hydrogen-bond donors (Lipinski definition) is 5. The maximum Gasteiger partial charge on any atom is 0.408 e. The fraction of sp³-hybridized carbons (Fsp3) is 0.500. The molecule has 4 rings (SSSR count). The number of hydrogen-bond acceptors (Lipinski definition) is 12. The summed E-state index contributed by atoms with van der Waals surface area (Å²) in [7, 11) is -7.97. The lowest BCUT2D eigenvalue weighted by molar-refractivity contribution is -0.141. The third-order valence-corrected chi connectivity index (χ3v) is 12.3. The van der Waals surface area contributed by atoms with Crippen molar-refractivity contribution >= 4 is 44.1 Å². The van der Waals surface area contributed by atoms with Crippen LogP contribution in [0.5, 0.6) is 11.5 Å². The number of alkyl carbamates (subject to hydrolysis) is 2. The molecule has 2 saturated carbocycles. The van der Waals surface area contributed by atoms with Gasteiger partial charge in [-0.25, -0.2) is 41.1 Å². The van der Waals surface area contributed by atoms with E-state index in [0.717, 1.165) is 51.4 Å². The smallest absolute Gasteiger partial charge is 0.408 e. The number of carbonyl (C=O) groups excluding carboxylic acids is 3. The molecule has 0 bridgehead atoms. The lowest BCUT2D eigenvalue weighted by Gasteiger charge is -2.23. The van der Waals surface area contributed by atoms with Crippen LogP contribution in [-0.2, 0) is 39.1 Å². The molecule has 19 heteroatoms. The standard InChI is InChI=1S/C24H34N2O6S.C13H19NO3S.C11H17NO4/c1-6-8-9-10-13-16-31-19-14-11-12-15-20(19)33(29,30)26-21(27)24(17-18(24)7-2)25-22(28)32-23(3,4)5;1-2-3-4-5-8-11-17-12-9-6-7-10-13(12)18(14,15)16;1-5-7-6-11(7,8(13)14)12-9(15)16-10(2,3)4/h6-7,11-12,14-15,18H,1-2,8-10,13,16-17H2,3-5H3,(H,25,28)(H,26,27);2,6-7,9-10H,1,3-5,8,11H2,(H2,14,15,16);5,7H,1,6H2,2-4H3,(H,12,15)(H,13,14)/t18-,24-;;7-,11-/m1.1/s1. The van der Waals surface area contributed by atoms with Gasteiger partial charge in [0.1, 0.15) is 43.6 Å². The van der Waals surface area contributed by atoms with E-state index in [4.69, 9.17) is 29.2 Å². The van der Waals surface area contributed by atoms with Crippen molar-refractivity contribution in [3.05, 3.63) is 99.2 Å². The Morgan fingerprint density at radius 1 is 0.672 bits per heavy atom. The highest BCUT2D eigenvalue weighted by molar-refractivity contribution is 7.90. The molecule has 3 amide bonds. The minimum absolute atomic E-state index is 0.0380. The lowest BCUT2D eigenvalue weighted by atomic mass is 10.2. The van der Waals surface area contributed by atoms with Crippen LogP contribution in [0.1, 0.15) is 106 Å². The van der Waals surface area contributed by atoms with E-state index in [2.05, 4.69) is 41.7 Å². The van der Waals surface area contributed by atoms with E-state index < -0.39 is 72.3 Å². The molecule has 0 saturated heterocycles. The van der Waals surface area contributed by atoms with Crippen molar-refractivity contribution in [3.8, 4) is 11.5 Å². The third-order valence-electron chi connectivity index (χ3n) is 9.98. The van der Waals surface area contributed by atoms with E-state index in [-0.39, 0.29) is 27.9 Å². The zero-order valence-corrected chi connectivity index (χ0v) is 41.3. The Morgan fingerprint density at radius 3 is 1.46 bits per heavy atom. The predicted octanol–water partition coefficient (Wildman–Crippen LogP) is 8.09. The molecule has 2 aromatic rings. The van der Waals surface area contributed by atoms with Crippen molar-refractivity contribution in [1.29, 1.82) is 0 Å². The number of carbonyl (C=O) groups is 4. The van der Waals surface area contributed by atoms with Gasteiger partial charge in [-0.3, -0.25) is 4.79 Å². The van der Waals surface area contributed by atoms with E-state index in [1.54, 1.807) is 77.9 Å². The summed E-state index contributed by atoms with van der Waals surface area (Å²) in [5.74, 6) is -2.06. The van der Waals surface area contributed by atoms with Crippen LogP contribution in [0.15, 0.2) is 109 Å². The molecule has 2 aromatic carbocycles. The van der Waals surface area contributed by atoms with Crippen LogP contribution in [0, 0.1) is 11.8 Å². The Balaban J connectivity index is 0.000000381. The molecule has 372 valence electrons. The number of primary sulfonamides is 1. The van der Waals surface area contributed by atoms with Gasteiger partial charge in [-0.15, -0.1) is 26.3 Å². The zero-order chi connectivity index (χ0) is 50.7. The Hall–Kier alpha value is -5.66. The van der Waals surface area contributed by atoms with E-state index >= 15 is 0 Å². The molecule has 6 N–H and O–H groups in total. The molecule has 0 aliphatic heterocycles. The largest absolute Gasteiger partial charge is 0.492 e. The van der Waals surface area contributed by atoms with Gasteiger partial charge in [0.05, 0.1) is 13.2 Å². The van der Waals surface area contributed by atoms with E-state index in [1.165, 1.54) is 24.3 Å². The Bertz CT molecular complexity index is 2270. The van der Waals surface area contributed by atoms with Gasteiger partial charge in [0, 0.05) is 11.8 Å². The minimum Gasteiger partial charge on any atom is -0.492 e. The van der Waals surface area contributed by atoms with E-state index in [1.807, 2.05) is 12.2 Å². The van der Waals surface area contributed by atoms with Gasteiger partial charge in [0.25, 0.3) is 15.9 Å². The molecule has 67 heavy (non-hydrogen) atoms. The number of nitrogens with one attached hydrogen (secondary N) is 3. The van der Waals surface area contributed by atoms with Crippen molar-refractivity contribution in [2.24, 2.45) is 17.0 Å². The van der Waals surface area contributed by atoms with Crippen LogP contribution < -0.4 is 30.0 Å². The maximum atomic E-state index is 13.0. The van der Waals surface area contributed by atoms with Crippen LogP contribution in [0.2, 0.25) is 0 Å². The van der Waals surface area contributed by atoms with Crippen LogP contribution in [0.4, 0.5) is 9.59 Å². The Kier molecular flexibility index (Phi) is 21.8. The van der Waals surface area contributed by atoms with Crippen molar-refractivity contribution in [1.82, 2.24) is 15.4 Å². The lowest BCUT2D eigenvalue weighted by Crippen LogP contribution is -2.52. The first-order valence-corrected chi connectivity index (χ1v) is 25.0. The highest BCUT2D eigenvalue weighted by atomic mass is 32.2. The monoisotopic (exact) mass is 974 g/mol.